The summed E-state index contributed by atoms with van der Waals surface area (Å²) in [5.74, 6) is 1.63. The minimum atomic E-state index is -0.208. The molecule has 2 aromatic rings. The van der Waals surface area contributed by atoms with Crippen LogP contribution in [0.2, 0.25) is 0 Å². The molecule has 1 aliphatic rings. The lowest BCUT2D eigenvalue weighted by atomic mass is 9.99. The van der Waals surface area contributed by atoms with E-state index in [2.05, 4.69) is 34.6 Å². The number of piperidine rings is 1. The zero-order valence-corrected chi connectivity index (χ0v) is 15.5. The van der Waals surface area contributed by atoms with Gasteiger partial charge in [-0.25, -0.2) is 4.79 Å². The maximum absolute atomic E-state index is 12.1. The van der Waals surface area contributed by atoms with Gasteiger partial charge in [-0.15, -0.1) is 0 Å². The first-order valence-electron chi connectivity index (χ1n) is 9.17. The third kappa shape index (κ3) is 4.91. The lowest BCUT2D eigenvalue weighted by Gasteiger charge is -2.32. The fourth-order valence-corrected chi connectivity index (χ4v) is 3.12. The average Bonchev–Trinajstić information content (AvgIpc) is 2.68. The zero-order valence-electron chi connectivity index (χ0n) is 15.5. The van der Waals surface area contributed by atoms with Crippen LogP contribution in [0.3, 0.4) is 0 Å². The molecule has 0 aliphatic carbocycles. The third-order valence-electron chi connectivity index (χ3n) is 4.89. The molecule has 1 heterocycles. The Morgan fingerprint density at radius 2 is 1.73 bits per heavy atom. The van der Waals surface area contributed by atoms with Gasteiger partial charge in [0.1, 0.15) is 5.75 Å². The molecular formula is C21H27N3O2. The van der Waals surface area contributed by atoms with Crippen molar-refractivity contribution >= 4 is 17.4 Å². The van der Waals surface area contributed by atoms with Crippen molar-refractivity contribution < 1.29 is 9.53 Å². The first-order chi connectivity index (χ1) is 12.6. The van der Waals surface area contributed by atoms with Crippen LogP contribution in [0.4, 0.5) is 16.2 Å². The van der Waals surface area contributed by atoms with E-state index in [0.29, 0.717) is 6.54 Å². The number of anilines is 2. The van der Waals surface area contributed by atoms with E-state index in [1.54, 1.807) is 7.11 Å². The number of hydrogen-bond donors (Lipinski definition) is 2. The maximum Gasteiger partial charge on any atom is 0.319 e. The second-order valence-electron chi connectivity index (χ2n) is 6.87. The molecule has 1 saturated heterocycles. The van der Waals surface area contributed by atoms with Crippen molar-refractivity contribution in [3.63, 3.8) is 0 Å². The van der Waals surface area contributed by atoms with Crippen molar-refractivity contribution in [3.8, 4) is 5.75 Å². The Morgan fingerprint density at radius 3 is 2.35 bits per heavy atom. The summed E-state index contributed by atoms with van der Waals surface area (Å²) >= 11 is 0. The van der Waals surface area contributed by atoms with Crippen molar-refractivity contribution in [1.82, 2.24) is 5.32 Å². The number of benzene rings is 2. The number of ether oxygens (including phenoxy) is 1. The number of carbonyl (C=O) groups excluding carboxylic acids is 1. The van der Waals surface area contributed by atoms with Gasteiger partial charge in [0, 0.05) is 31.0 Å². The fourth-order valence-electron chi connectivity index (χ4n) is 3.12. The van der Waals surface area contributed by atoms with Gasteiger partial charge in [-0.1, -0.05) is 19.1 Å². The summed E-state index contributed by atoms with van der Waals surface area (Å²) in [6, 6.07) is 15.5. The standard InChI is InChI=1S/C21H27N3O2/c1-16-11-13-24(14-12-16)19-7-5-18(6-8-19)23-21(25)22-15-17-3-9-20(26-2)10-4-17/h3-10,16H,11-15H2,1-2H3,(H2,22,23,25). The summed E-state index contributed by atoms with van der Waals surface area (Å²) in [6.45, 7) is 5.00. The van der Waals surface area contributed by atoms with Crippen molar-refractivity contribution in [3.05, 3.63) is 54.1 Å². The van der Waals surface area contributed by atoms with Crippen LogP contribution in [0, 0.1) is 5.92 Å². The molecule has 0 bridgehead atoms. The van der Waals surface area contributed by atoms with Gasteiger partial charge in [0.25, 0.3) is 0 Å². The van der Waals surface area contributed by atoms with Gasteiger partial charge in [0.2, 0.25) is 0 Å². The fraction of sp³-hybridized carbons (Fsp3) is 0.381. The van der Waals surface area contributed by atoms with E-state index in [-0.39, 0.29) is 6.03 Å². The number of amides is 2. The second-order valence-corrected chi connectivity index (χ2v) is 6.87. The summed E-state index contributed by atoms with van der Waals surface area (Å²) in [4.78, 5) is 14.5. The van der Waals surface area contributed by atoms with E-state index in [1.807, 2.05) is 36.4 Å². The summed E-state index contributed by atoms with van der Waals surface area (Å²) in [5, 5.41) is 5.75. The SMILES string of the molecule is COc1ccc(CNC(=O)Nc2ccc(N3CCC(C)CC3)cc2)cc1. The van der Waals surface area contributed by atoms with Gasteiger partial charge in [0.05, 0.1) is 7.11 Å². The highest BCUT2D eigenvalue weighted by atomic mass is 16.5. The molecule has 138 valence electrons. The van der Waals surface area contributed by atoms with E-state index in [4.69, 9.17) is 4.74 Å². The van der Waals surface area contributed by atoms with Gasteiger partial charge in [0.15, 0.2) is 0 Å². The smallest absolute Gasteiger partial charge is 0.319 e. The molecule has 2 amide bonds. The minimum absolute atomic E-state index is 0.208. The van der Waals surface area contributed by atoms with Crippen LogP contribution < -0.4 is 20.3 Å². The first-order valence-corrected chi connectivity index (χ1v) is 9.17. The van der Waals surface area contributed by atoms with Gasteiger partial charge in [-0.2, -0.15) is 0 Å². The van der Waals surface area contributed by atoms with E-state index in [1.165, 1.54) is 18.5 Å². The molecule has 5 nitrogen and oxygen atoms in total. The molecule has 0 radical (unpaired) electrons. The van der Waals surface area contributed by atoms with Crippen LogP contribution in [0.5, 0.6) is 5.75 Å². The van der Waals surface area contributed by atoms with E-state index in [0.717, 1.165) is 36.0 Å². The Balaban J connectivity index is 1.47. The lowest BCUT2D eigenvalue weighted by molar-refractivity contribution is 0.251. The molecular weight excluding hydrogens is 326 g/mol. The Hall–Kier alpha value is -2.69. The van der Waals surface area contributed by atoms with Crippen LogP contribution in [0.15, 0.2) is 48.5 Å². The molecule has 26 heavy (non-hydrogen) atoms. The van der Waals surface area contributed by atoms with E-state index < -0.39 is 0 Å². The molecule has 0 unspecified atom stereocenters. The topological polar surface area (TPSA) is 53.6 Å². The predicted octanol–water partition coefficient (Wildman–Crippen LogP) is 4.25. The summed E-state index contributed by atoms with van der Waals surface area (Å²) in [5.41, 5.74) is 3.04. The molecule has 0 aromatic heterocycles. The van der Waals surface area contributed by atoms with Crippen LogP contribution in [0.1, 0.15) is 25.3 Å². The Bertz CT molecular complexity index is 705. The maximum atomic E-state index is 12.1. The molecule has 2 N–H and O–H groups in total. The Labute approximate surface area is 155 Å². The van der Waals surface area contributed by atoms with Crippen molar-refractivity contribution in [2.75, 3.05) is 30.4 Å². The quantitative estimate of drug-likeness (QED) is 0.845. The molecule has 5 heteroatoms. The average molecular weight is 353 g/mol. The zero-order chi connectivity index (χ0) is 18.4. The van der Waals surface area contributed by atoms with Crippen LogP contribution in [0.25, 0.3) is 0 Å². The van der Waals surface area contributed by atoms with Crippen molar-refractivity contribution in [2.45, 2.75) is 26.3 Å². The summed E-state index contributed by atoms with van der Waals surface area (Å²) in [6.07, 6.45) is 2.49. The third-order valence-corrected chi connectivity index (χ3v) is 4.89. The van der Waals surface area contributed by atoms with Crippen LogP contribution in [-0.2, 0) is 6.54 Å². The molecule has 0 atom stereocenters. The molecule has 0 saturated carbocycles. The Morgan fingerprint density at radius 1 is 1.08 bits per heavy atom. The lowest BCUT2D eigenvalue weighted by Crippen LogP contribution is -2.32. The number of hydrogen-bond acceptors (Lipinski definition) is 3. The molecule has 3 rings (SSSR count). The highest BCUT2D eigenvalue weighted by molar-refractivity contribution is 5.89. The van der Waals surface area contributed by atoms with Crippen molar-refractivity contribution in [1.29, 1.82) is 0 Å². The van der Waals surface area contributed by atoms with Crippen LogP contribution in [-0.4, -0.2) is 26.2 Å². The Kier molecular flexibility index (Phi) is 6.00. The van der Waals surface area contributed by atoms with E-state index >= 15 is 0 Å². The van der Waals surface area contributed by atoms with Gasteiger partial charge >= 0.3 is 6.03 Å². The van der Waals surface area contributed by atoms with Gasteiger partial charge in [-0.3, -0.25) is 0 Å². The number of rotatable bonds is 5. The predicted molar refractivity (Wildman–Crippen MR) is 106 cm³/mol. The highest BCUT2D eigenvalue weighted by Gasteiger charge is 2.15. The number of methoxy groups -OCH3 is 1. The van der Waals surface area contributed by atoms with E-state index in [9.17, 15) is 4.79 Å². The van der Waals surface area contributed by atoms with Gasteiger partial charge in [-0.05, 0) is 60.7 Å². The molecule has 0 spiro atoms. The number of nitrogens with one attached hydrogen (secondary N) is 2. The number of carbonyl (C=O) groups is 1. The first kappa shape index (κ1) is 18.1. The highest BCUT2D eigenvalue weighted by Crippen LogP contribution is 2.24. The summed E-state index contributed by atoms with van der Waals surface area (Å²) < 4.78 is 5.13. The monoisotopic (exact) mass is 353 g/mol. The summed E-state index contributed by atoms with van der Waals surface area (Å²) in [7, 11) is 1.64. The number of nitrogens with zero attached hydrogens (tertiary/aromatic N) is 1. The van der Waals surface area contributed by atoms with Gasteiger partial charge < -0.3 is 20.3 Å². The minimum Gasteiger partial charge on any atom is -0.497 e. The molecule has 1 fully saturated rings. The second kappa shape index (κ2) is 8.61. The molecule has 2 aromatic carbocycles. The normalized spacial score (nSPS) is 14.8. The van der Waals surface area contributed by atoms with Crippen LogP contribution >= 0.6 is 0 Å². The number of urea groups is 1. The molecule has 1 aliphatic heterocycles. The van der Waals surface area contributed by atoms with Crippen molar-refractivity contribution in [2.24, 2.45) is 5.92 Å². The largest absolute Gasteiger partial charge is 0.497 e.